The van der Waals surface area contributed by atoms with E-state index in [2.05, 4.69) is 9.88 Å². The molecule has 0 aliphatic carbocycles. The second-order valence-electron chi connectivity index (χ2n) is 4.44. The minimum Gasteiger partial charge on any atom is -0.296 e. The van der Waals surface area contributed by atoms with Crippen molar-refractivity contribution in [3.8, 4) is 0 Å². The number of piperazine rings is 1. The summed E-state index contributed by atoms with van der Waals surface area (Å²) in [6, 6.07) is 3.97. The normalized spacial score (nSPS) is 18.9. The Morgan fingerprint density at radius 2 is 2.00 bits per heavy atom. The summed E-state index contributed by atoms with van der Waals surface area (Å²) in [6.07, 6.45) is 3.62. The van der Waals surface area contributed by atoms with Crippen molar-refractivity contribution in [1.82, 2.24) is 14.2 Å². The van der Waals surface area contributed by atoms with Crippen molar-refractivity contribution >= 4 is 10.0 Å². The molecular weight excluding hydrogens is 250 g/mol. The van der Waals surface area contributed by atoms with Gasteiger partial charge in [0.25, 0.3) is 0 Å². The molecule has 5 nitrogen and oxygen atoms in total. The number of sulfonamides is 1. The molecule has 2 rings (SSSR count). The Morgan fingerprint density at radius 1 is 1.28 bits per heavy atom. The van der Waals surface area contributed by atoms with Gasteiger partial charge < -0.3 is 0 Å². The van der Waals surface area contributed by atoms with Gasteiger partial charge in [-0.3, -0.25) is 9.88 Å². The zero-order valence-corrected chi connectivity index (χ0v) is 11.4. The van der Waals surface area contributed by atoms with Crippen LogP contribution in [0.2, 0.25) is 0 Å². The Kier molecular flexibility index (Phi) is 4.31. The Balaban J connectivity index is 1.88. The van der Waals surface area contributed by atoms with E-state index in [1.54, 1.807) is 17.4 Å². The highest BCUT2D eigenvalue weighted by molar-refractivity contribution is 7.89. The van der Waals surface area contributed by atoms with Gasteiger partial charge in [0.05, 0.1) is 5.75 Å². The summed E-state index contributed by atoms with van der Waals surface area (Å²) >= 11 is 0. The van der Waals surface area contributed by atoms with Gasteiger partial charge in [0.15, 0.2) is 0 Å². The molecule has 18 heavy (non-hydrogen) atoms. The van der Waals surface area contributed by atoms with Gasteiger partial charge in [-0.1, -0.05) is 6.07 Å². The number of nitrogens with zero attached hydrogens (tertiary/aromatic N) is 3. The molecule has 0 radical (unpaired) electrons. The number of hydrogen-bond acceptors (Lipinski definition) is 4. The van der Waals surface area contributed by atoms with Gasteiger partial charge >= 0.3 is 0 Å². The van der Waals surface area contributed by atoms with Gasteiger partial charge in [-0.15, -0.1) is 0 Å². The van der Waals surface area contributed by atoms with Gasteiger partial charge in [0.2, 0.25) is 10.0 Å². The fourth-order valence-electron chi connectivity index (χ4n) is 2.10. The largest absolute Gasteiger partial charge is 0.296 e. The highest BCUT2D eigenvalue weighted by atomic mass is 32.2. The molecule has 1 fully saturated rings. The summed E-state index contributed by atoms with van der Waals surface area (Å²) in [7, 11) is -3.02. The lowest BCUT2D eigenvalue weighted by atomic mass is 10.2. The number of hydrogen-bond donors (Lipinski definition) is 0. The quantitative estimate of drug-likeness (QED) is 0.801. The second kappa shape index (κ2) is 5.77. The Morgan fingerprint density at radius 3 is 2.56 bits per heavy atom. The van der Waals surface area contributed by atoms with Crippen LogP contribution in [0.5, 0.6) is 0 Å². The molecule has 100 valence electrons. The van der Waals surface area contributed by atoms with Crippen LogP contribution in [0.1, 0.15) is 12.5 Å². The summed E-state index contributed by atoms with van der Waals surface area (Å²) in [5.74, 6) is 0.190. The van der Waals surface area contributed by atoms with E-state index >= 15 is 0 Å². The molecule has 0 saturated carbocycles. The monoisotopic (exact) mass is 269 g/mol. The lowest BCUT2D eigenvalue weighted by Gasteiger charge is -2.33. The second-order valence-corrected chi connectivity index (χ2v) is 6.69. The predicted molar refractivity (Wildman–Crippen MR) is 70.5 cm³/mol. The number of pyridine rings is 1. The first kappa shape index (κ1) is 13.5. The van der Waals surface area contributed by atoms with Crippen molar-refractivity contribution in [3.63, 3.8) is 0 Å². The molecule has 0 atom stereocenters. The molecule has 0 bridgehead atoms. The lowest BCUT2D eigenvalue weighted by molar-refractivity contribution is 0.181. The minimum absolute atomic E-state index is 0.190. The molecule has 1 aliphatic heterocycles. The molecule has 2 heterocycles. The average Bonchev–Trinajstić information content (AvgIpc) is 2.40. The first-order valence-corrected chi connectivity index (χ1v) is 7.82. The third kappa shape index (κ3) is 3.28. The molecule has 1 aliphatic rings. The van der Waals surface area contributed by atoms with E-state index in [1.165, 1.54) is 5.56 Å². The molecule has 1 aromatic rings. The lowest BCUT2D eigenvalue weighted by Crippen LogP contribution is -2.48. The standard InChI is InChI=1S/C12H19N3O2S/c1-2-18(16,17)15-8-6-14(7-9-15)11-12-4-3-5-13-10-12/h3-5,10H,2,6-9,11H2,1H3. The summed E-state index contributed by atoms with van der Waals surface area (Å²) < 4.78 is 25.0. The van der Waals surface area contributed by atoms with Gasteiger partial charge in [0, 0.05) is 45.1 Å². The van der Waals surface area contributed by atoms with E-state index in [1.807, 2.05) is 18.3 Å². The maximum absolute atomic E-state index is 11.7. The molecule has 1 aromatic heterocycles. The van der Waals surface area contributed by atoms with Crippen molar-refractivity contribution in [1.29, 1.82) is 0 Å². The van der Waals surface area contributed by atoms with Gasteiger partial charge in [-0.25, -0.2) is 8.42 Å². The van der Waals surface area contributed by atoms with E-state index in [0.717, 1.165) is 19.6 Å². The van der Waals surface area contributed by atoms with Crippen LogP contribution in [-0.4, -0.2) is 54.5 Å². The Bertz CT molecular complexity index is 467. The van der Waals surface area contributed by atoms with Crippen LogP contribution in [0.15, 0.2) is 24.5 Å². The molecule has 0 unspecified atom stereocenters. The molecule has 1 saturated heterocycles. The van der Waals surface area contributed by atoms with Gasteiger partial charge in [-0.2, -0.15) is 4.31 Å². The first-order chi connectivity index (χ1) is 8.62. The van der Waals surface area contributed by atoms with Crippen LogP contribution in [0.4, 0.5) is 0 Å². The van der Waals surface area contributed by atoms with Crippen molar-refractivity contribution < 1.29 is 8.42 Å². The molecule has 0 amide bonds. The van der Waals surface area contributed by atoms with Crippen LogP contribution in [0, 0.1) is 0 Å². The molecule has 0 N–H and O–H groups in total. The zero-order valence-electron chi connectivity index (χ0n) is 10.6. The highest BCUT2D eigenvalue weighted by Gasteiger charge is 2.25. The summed E-state index contributed by atoms with van der Waals surface area (Å²) in [6.45, 7) is 5.29. The van der Waals surface area contributed by atoms with Crippen molar-refractivity contribution in [2.75, 3.05) is 31.9 Å². The Labute approximate surface area is 108 Å². The Hall–Kier alpha value is -0.980. The number of aromatic nitrogens is 1. The first-order valence-electron chi connectivity index (χ1n) is 6.21. The van der Waals surface area contributed by atoms with Crippen molar-refractivity contribution in [3.05, 3.63) is 30.1 Å². The van der Waals surface area contributed by atoms with Crippen LogP contribution in [-0.2, 0) is 16.6 Å². The van der Waals surface area contributed by atoms with Crippen LogP contribution >= 0.6 is 0 Å². The van der Waals surface area contributed by atoms with Crippen LogP contribution < -0.4 is 0 Å². The average molecular weight is 269 g/mol. The van der Waals surface area contributed by atoms with E-state index in [9.17, 15) is 8.42 Å². The summed E-state index contributed by atoms with van der Waals surface area (Å²) in [5.41, 5.74) is 1.17. The van der Waals surface area contributed by atoms with E-state index in [0.29, 0.717) is 13.1 Å². The van der Waals surface area contributed by atoms with Gasteiger partial charge in [-0.05, 0) is 18.6 Å². The molecular formula is C12H19N3O2S. The maximum Gasteiger partial charge on any atom is 0.213 e. The molecule has 6 heteroatoms. The fourth-order valence-corrected chi connectivity index (χ4v) is 3.18. The predicted octanol–water partition coefficient (Wildman–Crippen LogP) is 0.549. The summed E-state index contributed by atoms with van der Waals surface area (Å²) in [4.78, 5) is 6.35. The maximum atomic E-state index is 11.7. The SMILES string of the molecule is CCS(=O)(=O)N1CCN(Cc2cccnc2)CC1. The zero-order chi connectivity index (χ0) is 13.0. The van der Waals surface area contributed by atoms with E-state index < -0.39 is 10.0 Å². The smallest absolute Gasteiger partial charge is 0.213 e. The van der Waals surface area contributed by atoms with Crippen LogP contribution in [0.25, 0.3) is 0 Å². The fraction of sp³-hybridized carbons (Fsp3) is 0.583. The highest BCUT2D eigenvalue weighted by Crippen LogP contribution is 2.10. The van der Waals surface area contributed by atoms with E-state index in [4.69, 9.17) is 0 Å². The van der Waals surface area contributed by atoms with Crippen molar-refractivity contribution in [2.45, 2.75) is 13.5 Å². The molecule has 0 aromatic carbocycles. The third-order valence-corrected chi connectivity index (χ3v) is 5.10. The minimum atomic E-state index is -3.02. The van der Waals surface area contributed by atoms with Crippen molar-refractivity contribution in [2.24, 2.45) is 0 Å². The topological polar surface area (TPSA) is 53.5 Å². The van der Waals surface area contributed by atoms with E-state index in [-0.39, 0.29) is 5.75 Å². The van der Waals surface area contributed by atoms with Crippen LogP contribution in [0.3, 0.4) is 0 Å². The third-order valence-electron chi connectivity index (χ3n) is 3.22. The van der Waals surface area contributed by atoms with Gasteiger partial charge in [0.1, 0.15) is 0 Å². The summed E-state index contributed by atoms with van der Waals surface area (Å²) in [5, 5.41) is 0. The molecule has 0 spiro atoms. The number of rotatable bonds is 4.